The zero-order valence-electron chi connectivity index (χ0n) is 21.2. The average molecular weight is 489 g/mol. The fraction of sp³-hybridized carbons (Fsp3) is 0.308. The van der Waals surface area contributed by atoms with E-state index in [1.54, 1.807) is 20.8 Å². The molecule has 1 aromatic carbocycles. The molecule has 3 aromatic heterocycles. The van der Waals surface area contributed by atoms with Gasteiger partial charge in [-0.1, -0.05) is 11.6 Å². The summed E-state index contributed by atoms with van der Waals surface area (Å²) in [6.45, 7) is 11.6. The van der Waals surface area contributed by atoms with Crippen LogP contribution >= 0.6 is 0 Å². The molecule has 4 aromatic rings. The summed E-state index contributed by atoms with van der Waals surface area (Å²) in [5.74, 6) is 0.201. The fourth-order valence-corrected chi connectivity index (χ4v) is 3.97. The van der Waals surface area contributed by atoms with Gasteiger partial charge in [0, 0.05) is 11.6 Å². The number of benzene rings is 1. The van der Waals surface area contributed by atoms with Crippen molar-refractivity contribution >= 4 is 34.5 Å². The van der Waals surface area contributed by atoms with Gasteiger partial charge in [-0.25, -0.2) is 24.5 Å². The van der Waals surface area contributed by atoms with Gasteiger partial charge in [-0.3, -0.25) is 0 Å². The number of nitrogens with one attached hydrogen (secondary N) is 1. The summed E-state index contributed by atoms with van der Waals surface area (Å²) < 4.78 is 11.9. The monoisotopic (exact) mass is 488 g/mol. The van der Waals surface area contributed by atoms with Crippen LogP contribution in [0, 0.1) is 27.7 Å². The number of carbonyl (C=O) groups is 2. The molecule has 4 rings (SSSR count). The second kappa shape index (κ2) is 10.1. The number of pyridine rings is 1. The second-order valence-electron chi connectivity index (χ2n) is 8.34. The van der Waals surface area contributed by atoms with E-state index in [9.17, 15) is 9.59 Å². The van der Waals surface area contributed by atoms with Crippen molar-refractivity contribution in [2.24, 2.45) is 0 Å². The number of rotatable bonds is 7. The summed E-state index contributed by atoms with van der Waals surface area (Å²) in [6.07, 6.45) is 2.79. The van der Waals surface area contributed by atoms with Crippen LogP contribution in [-0.4, -0.2) is 49.9 Å². The quantitative estimate of drug-likeness (QED) is 0.374. The van der Waals surface area contributed by atoms with Crippen LogP contribution < -0.4 is 5.32 Å². The summed E-state index contributed by atoms with van der Waals surface area (Å²) >= 11 is 0. The van der Waals surface area contributed by atoms with Crippen molar-refractivity contribution < 1.29 is 19.1 Å². The first kappa shape index (κ1) is 24.8. The highest BCUT2D eigenvalue weighted by atomic mass is 16.5. The molecule has 10 nitrogen and oxygen atoms in total. The minimum atomic E-state index is -0.589. The molecule has 0 radical (unpaired) electrons. The number of nitrogens with zero attached hydrogens (tertiary/aromatic N) is 5. The normalized spacial score (nSPS) is 10.9. The van der Waals surface area contributed by atoms with Crippen LogP contribution in [0.2, 0.25) is 0 Å². The highest BCUT2D eigenvalue weighted by Gasteiger charge is 2.24. The molecule has 0 aliphatic carbocycles. The molecule has 0 unspecified atom stereocenters. The van der Waals surface area contributed by atoms with Crippen LogP contribution in [0.4, 0.5) is 11.6 Å². The number of aromatic nitrogens is 5. The molecule has 0 aliphatic rings. The first-order chi connectivity index (χ1) is 17.2. The molecular formula is C26H28N6O4. The summed E-state index contributed by atoms with van der Waals surface area (Å²) in [5.41, 5.74) is 4.31. The van der Waals surface area contributed by atoms with E-state index in [0.29, 0.717) is 11.6 Å². The number of hydrogen-bond donors (Lipinski definition) is 1. The lowest BCUT2D eigenvalue weighted by Crippen LogP contribution is -2.15. The maximum absolute atomic E-state index is 12.8. The number of carbonyl (C=O) groups excluding carboxylic acids is 2. The predicted molar refractivity (Wildman–Crippen MR) is 135 cm³/mol. The Bertz CT molecular complexity index is 1480. The van der Waals surface area contributed by atoms with Crippen molar-refractivity contribution in [3.63, 3.8) is 0 Å². The zero-order chi connectivity index (χ0) is 26.0. The van der Waals surface area contributed by atoms with Gasteiger partial charge in [0.25, 0.3) is 0 Å². The SMILES string of the molecule is CCOC(=O)c1cnc(C)nc1Nc1c(C(=O)OCC)cnn1-c1cc(C)c2cc(C)cc(C)c2n1. The molecule has 0 fully saturated rings. The van der Waals surface area contributed by atoms with Gasteiger partial charge in [-0.15, -0.1) is 0 Å². The lowest BCUT2D eigenvalue weighted by atomic mass is 10.0. The third-order valence-electron chi connectivity index (χ3n) is 5.56. The summed E-state index contributed by atoms with van der Waals surface area (Å²) in [7, 11) is 0. The Balaban J connectivity index is 1.91. The van der Waals surface area contributed by atoms with Crippen molar-refractivity contribution in [1.29, 1.82) is 0 Å². The maximum atomic E-state index is 12.8. The van der Waals surface area contributed by atoms with E-state index >= 15 is 0 Å². The lowest BCUT2D eigenvalue weighted by molar-refractivity contribution is 0.0518. The number of hydrogen-bond acceptors (Lipinski definition) is 9. The predicted octanol–water partition coefficient (Wildman–Crippen LogP) is 4.54. The van der Waals surface area contributed by atoms with E-state index in [-0.39, 0.29) is 36.0 Å². The second-order valence-corrected chi connectivity index (χ2v) is 8.34. The molecule has 0 spiro atoms. The van der Waals surface area contributed by atoms with E-state index in [4.69, 9.17) is 14.5 Å². The molecule has 0 amide bonds. The van der Waals surface area contributed by atoms with Crippen molar-refractivity contribution in [2.75, 3.05) is 18.5 Å². The van der Waals surface area contributed by atoms with Crippen LogP contribution in [0.3, 0.4) is 0 Å². The van der Waals surface area contributed by atoms with Crippen molar-refractivity contribution in [2.45, 2.75) is 41.5 Å². The Morgan fingerprint density at radius 3 is 2.28 bits per heavy atom. The Kier molecular flexibility index (Phi) is 6.96. The molecule has 1 N–H and O–H groups in total. The van der Waals surface area contributed by atoms with Gasteiger partial charge in [-0.2, -0.15) is 9.78 Å². The summed E-state index contributed by atoms with van der Waals surface area (Å²) in [4.78, 5) is 38.7. The Morgan fingerprint density at radius 2 is 1.58 bits per heavy atom. The molecule has 186 valence electrons. The van der Waals surface area contributed by atoms with Gasteiger partial charge in [0.15, 0.2) is 11.6 Å². The highest BCUT2D eigenvalue weighted by molar-refractivity contribution is 5.98. The fourth-order valence-electron chi connectivity index (χ4n) is 3.97. The van der Waals surface area contributed by atoms with Crippen LogP contribution in [-0.2, 0) is 9.47 Å². The van der Waals surface area contributed by atoms with Crippen LogP contribution in [0.1, 0.15) is 57.1 Å². The van der Waals surface area contributed by atoms with Crippen LogP contribution in [0.15, 0.2) is 30.6 Å². The molecule has 0 saturated carbocycles. The summed E-state index contributed by atoms with van der Waals surface area (Å²) in [5, 5.41) is 8.59. The molecule has 10 heteroatoms. The van der Waals surface area contributed by atoms with Gasteiger partial charge in [0.05, 0.1) is 24.9 Å². The summed E-state index contributed by atoms with van der Waals surface area (Å²) in [6, 6.07) is 6.06. The lowest BCUT2D eigenvalue weighted by Gasteiger charge is -2.15. The number of esters is 2. The molecule has 0 atom stereocenters. The smallest absolute Gasteiger partial charge is 0.343 e. The number of ether oxygens (including phenoxy) is 2. The number of fused-ring (bicyclic) bond motifs is 1. The topological polar surface area (TPSA) is 121 Å². The minimum Gasteiger partial charge on any atom is -0.462 e. The molecule has 0 saturated heterocycles. The largest absolute Gasteiger partial charge is 0.462 e. The third kappa shape index (κ3) is 4.74. The van der Waals surface area contributed by atoms with E-state index in [1.165, 1.54) is 17.1 Å². The van der Waals surface area contributed by atoms with Gasteiger partial charge < -0.3 is 14.8 Å². The number of aryl methyl sites for hydroxylation is 4. The van der Waals surface area contributed by atoms with E-state index in [2.05, 4.69) is 32.5 Å². The molecule has 3 heterocycles. The maximum Gasteiger partial charge on any atom is 0.343 e. The van der Waals surface area contributed by atoms with Gasteiger partial charge in [-0.05, 0) is 64.8 Å². The van der Waals surface area contributed by atoms with Gasteiger partial charge in [0.1, 0.15) is 22.8 Å². The molecule has 0 bridgehead atoms. The first-order valence-electron chi connectivity index (χ1n) is 11.6. The first-order valence-corrected chi connectivity index (χ1v) is 11.6. The van der Waals surface area contributed by atoms with E-state index in [1.807, 2.05) is 26.8 Å². The van der Waals surface area contributed by atoms with Crippen molar-refractivity contribution in [1.82, 2.24) is 24.7 Å². The van der Waals surface area contributed by atoms with Crippen molar-refractivity contribution in [3.05, 3.63) is 64.2 Å². The molecular weight excluding hydrogens is 460 g/mol. The number of anilines is 2. The molecule has 0 aliphatic heterocycles. The Labute approximate surface area is 208 Å². The average Bonchev–Trinajstić information content (AvgIpc) is 3.23. The highest BCUT2D eigenvalue weighted by Crippen LogP contribution is 2.29. The third-order valence-corrected chi connectivity index (χ3v) is 5.56. The van der Waals surface area contributed by atoms with Crippen molar-refractivity contribution in [3.8, 4) is 5.82 Å². The van der Waals surface area contributed by atoms with Crippen LogP contribution in [0.5, 0.6) is 0 Å². The minimum absolute atomic E-state index is 0.124. The van der Waals surface area contributed by atoms with Gasteiger partial charge in [0.2, 0.25) is 0 Å². The Morgan fingerprint density at radius 1 is 0.889 bits per heavy atom. The van der Waals surface area contributed by atoms with E-state index < -0.39 is 11.9 Å². The molecule has 36 heavy (non-hydrogen) atoms. The van der Waals surface area contributed by atoms with Crippen LogP contribution in [0.25, 0.3) is 16.7 Å². The zero-order valence-corrected chi connectivity index (χ0v) is 21.2. The Hall–Kier alpha value is -4.34. The van der Waals surface area contributed by atoms with Gasteiger partial charge >= 0.3 is 11.9 Å². The van der Waals surface area contributed by atoms with E-state index in [0.717, 1.165) is 27.6 Å². The standard InChI is InChI=1S/C26H28N6O4/c1-7-35-25(33)19-12-27-17(6)29-23(19)31-24-20(26(34)36-8-2)13-28-32(24)21-11-15(4)18-10-14(3)9-16(5)22(18)30-21/h9-13H,7-8H2,1-6H3,(H,27,29,31).